The first-order valence-corrected chi connectivity index (χ1v) is 10.2. The highest BCUT2D eigenvalue weighted by atomic mass is 16.7. The molecule has 0 saturated carbocycles. The van der Waals surface area contributed by atoms with Crippen LogP contribution in [0.4, 0.5) is 0 Å². The minimum atomic E-state index is 0.241. The van der Waals surface area contributed by atoms with Crippen molar-refractivity contribution in [3.05, 3.63) is 41.5 Å². The zero-order valence-corrected chi connectivity index (χ0v) is 17.8. The van der Waals surface area contributed by atoms with E-state index in [1.54, 1.807) is 21.3 Å². The van der Waals surface area contributed by atoms with Gasteiger partial charge in [0.15, 0.2) is 23.0 Å². The quantitative estimate of drug-likeness (QED) is 0.620. The van der Waals surface area contributed by atoms with Crippen molar-refractivity contribution >= 4 is 0 Å². The van der Waals surface area contributed by atoms with Gasteiger partial charge in [0, 0.05) is 37.9 Å². The molecule has 30 heavy (non-hydrogen) atoms. The molecule has 2 heterocycles. The first-order chi connectivity index (χ1) is 14.7. The summed E-state index contributed by atoms with van der Waals surface area (Å²) in [4.78, 5) is 2.37. The van der Waals surface area contributed by atoms with Gasteiger partial charge in [0.05, 0.1) is 27.4 Å². The Morgan fingerprint density at radius 3 is 2.37 bits per heavy atom. The Morgan fingerprint density at radius 2 is 1.67 bits per heavy atom. The molecule has 0 N–H and O–H groups in total. The van der Waals surface area contributed by atoms with E-state index in [-0.39, 0.29) is 12.9 Å². The average Bonchev–Trinajstić information content (AvgIpc) is 3.44. The molecule has 162 valence electrons. The predicted molar refractivity (Wildman–Crippen MR) is 112 cm³/mol. The van der Waals surface area contributed by atoms with Gasteiger partial charge in [0.25, 0.3) is 0 Å². The van der Waals surface area contributed by atoms with Gasteiger partial charge in [-0.05, 0) is 36.6 Å². The fourth-order valence-electron chi connectivity index (χ4n) is 4.02. The number of rotatable bonds is 9. The van der Waals surface area contributed by atoms with Crippen LogP contribution >= 0.6 is 0 Å². The zero-order chi connectivity index (χ0) is 20.9. The topological polar surface area (TPSA) is 58.6 Å². The van der Waals surface area contributed by atoms with E-state index in [0.717, 1.165) is 72.4 Å². The summed E-state index contributed by atoms with van der Waals surface area (Å²) in [6, 6.07) is 9.95. The van der Waals surface area contributed by atoms with Gasteiger partial charge in [-0.2, -0.15) is 0 Å². The van der Waals surface area contributed by atoms with E-state index in [1.807, 2.05) is 24.3 Å². The number of nitrogens with zero attached hydrogens (tertiary/aromatic N) is 1. The minimum absolute atomic E-state index is 0.241. The molecule has 2 aliphatic rings. The highest BCUT2D eigenvalue weighted by Gasteiger charge is 2.23. The van der Waals surface area contributed by atoms with Crippen LogP contribution in [0.25, 0.3) is 0 Å². The summed E-state index contributed by atoms with van der Waals surface area (Å²) in [6.45, 7) is 3.37. The molecule has 7 nitrogen and oxygen atoms in total. The smallest absolute Gasteiger partial charge is 0.231 e. The first kappa shape index (κ1) is 20.6. The predicted octanol–water partition coefficient (Wildman–Crippen LogP) is 3.62. The lowest BCUT2D eigenvalue weighted by atomic mass is 10.1. The summed E-state index contributed by atoms with van der Waals surface area (Å²) in [5.41, 5.74) is 2.20. The van der Waals surface area contributed by atoms with E-state index >= 15 is 0 Å². The largest absolute Gasteiger partial charge is 0.496 e. The van der Waals surface area contributed by atoms with Crippen molar-refractivity contribution in [3.63, 3.8) is 0 Å². The molecule has 7 heteroatoms. The highest BCUT2D eigenvalue weighted by Crippen LogP contribution is 2.39. The molecular formula is C23H29NO6. The molecule has 4 rings (SSSR count). The Labute approximate surface area is 177 Å². The van der Waals surface area contributed by atoms with Gasteiger partial charge >= 0.3 is 0 Å². The molecule has 0 unspecified atom stereocenters. The monoisotopic (exact) mass is 415 g/mol. The van der Waals surface area contributed by atoms with E-state index in [0.29, 0.717) is 6.54 Å². The maximum absolute atomic E-state index is 5.91. The van der Waals surface area contributed by atoms with Crippen LogP contribution < -0.4 is 23.7 Å². The maximum Gasteiger partial charge on any atom is 0.231 e. The van der Waals surface area contributed by atoms with Gasteiger partial charge in [-0.3, -0.25) is 4.90 Å². The summed E-state index contributed by atoms with van der Waals surface area (Å²) >= 11 is 0. The lowest BCUT2D eigenvalue weighted by molar-refractivity contribution is 0.0676. The second-order valence-corrected chi connectivity index (χ2v) is 7.51. The molecule has 1 fully saturated rings. The van der Waals surface area contributed by atoms with Crippen molar-refractivity contribution in [2.24, 2.45) is 0 Å². The van der Waals surface area contributed by atoms with Crippen molar-refractivity contribution in [1.82, 2.24) is 4.90 Å². The summed E-state index contributed by atoms with van der Waals surface area (Å²) in [5, 5.41) is 0. The SMILES string of the molecule is COc1cc2c(cc1CN(Cc1ccc(OC)c(OC)c1)C[C@H]1CCCO1)OCO2. The van der Waals surface area contributed by atoms with Gasteiger partial charge in [-0.15, -0.1) is 0 Å². The van der Waals surface area contributed by atoms with Crippen molar-refractivity contribution in [2.75, 3.05) is 41.3 Å². The third kappa shape index (κ3) is 4.57. The van der Waals surface area contributed by atoms with E-state index in [9.17, 15) is 0 Å². The number of fused-ring (bicyclic) bond motifs is 1. The molecule has 0 amide bonds. The van der Waals surface area contributed by atoms with Crippen LogP contribution in [0, 0.1) is 0 Å². The van der Waals surface area contributed by atoms with E-state index in [1.165, 1.54) is 0 Å². The molecule has 0 radical (unpaired) electrons. The van der Waals surface area contributed by atoms with Gasteiger partial charge < -0.3 is 28.4 Å². The van der Waals surface area contributed by atoms with Gasteiger partial charge in [0.2, 0.25) is 6.79 Å². The van der Waals surface area contributed by atoms with Gasteiger partial charge in [0.1, 0.15) is 5.75 Å². The number of benzene rings is 2. The highest BCUT2D eigenvalue weighted by molar-refractivity contribution is 5.52. The van der Waals surface area contributed by atoms with Crippen molar-refractivity contribution in [3.8, 4) is 28.7 Å². The second-order valence-electron chi connectivity index (χ2n) is 7.51. The fourth-order valence-corrected chi connectivity index (χ4v) is 4.02. The number of hydrogen-bond acceptors (Lipinski definition) is 7. The third-order valence-electron chi connectivity index (χ3n) is 5.51. The summed E-state index contributed by atoms with van der Waals surface area (Å²) in [5.74, 6) is 3.73. The molecule has 0 aliphatic carbocycles. The normalized spacial score (nSPS) is 17.4. The number of methoxy groups -OCH3 is 3. The fraction of sp³-hybridized carbons (Fsp3) is 0.478. The zero-order valence-electron chi connectivity index (χ0n) is 17.8. The Balaban J connectivity index is 1.57. The molecule has 1 saturated heterocycles. The second kappa shape index (κ2) is 9.45. The summed E-state index contributed by atoms with van der Waals surface area (Å²) < 4.78 is 33.5. The van der Waals surface area contributed by atoms with Crippen LogP contribution in [0.2, 0.25) is 0 Å². The molecule has 2 aromatic rings. The molecular weight excluding hydrogens is 386 g/mol. The van der Waals surface area contributed by atoms with Gasteiger partial charge in [-0.25, -0.2) is 0 Å². The molecule has 1 atom stereocenters. The van der Waals surface area contributed by atoms with Crippen LogP contribution in [0.1, 0.15) is 24.0 Å². The van der Waals surface area contributed by atoms with Crippen LogP contribution in [0.5, 0.6) is 28.7 Å². The lowest BCUT2D eigenvalue weighted by Crippen LogP contribution is -2.31. The van der Waals surface area contributed by atoms with Crippen LogP contribution in [-0.2, 0) is 17.8 Å². The summed E-state index contributed by atoms with van der Waals surface area (Å²) in [6.07, 6.45) is 2.44. The number of hydrogen-bond donors (Lipinski definition) is 0. The average molecular weight is 415 g/mol. The summed E-state index contributed by atoms with van der Waals surface area (Å²) in [7, 11) is 4.98. The lowest BCUT2D eigenvalue weighted by Gasteiger charge is -2.26. The van der Waals surface area contributed by atoms with Crippen LogP contribution in [-0.4, -0.2) is 52.3 Å². The standard InChI is InChI=1S/C23H29NO6/c1-25-19-7-6-16(9-21(19)27-3)12-24(14-18-5-4-8-28-18)13-17-10-22-23(30-15-29-22)11-20(17)26-2/h6-7,9-11,18H,4-5,8,12-15H2,1-3H3/t18-/m1/s1. The maximum atomic E-state index is 5.91. The van der Waals surface area contributed by atoms with Crippen LogP contribution in [0.3, 0.4) is 0 Å². The molecule has 0 spiro atoms. The minimum Gasteiger partial charge on any atom is -0.496 e. The van der Waals surface area contributed by atoms with Gasteiger partial charge in [-0.1, -0.05) is 6.07 Å². The van der Waals surface area contributed by atoms with E-state index < -0.39 is 0 Å². The van der Waals surface area contributed by atoms with Crippen molar-refractivity contribution in [2.45, 2.75) is 32.0 Å². The Bertz CT molecular complexity index is 865. The number of ether oxygens (including phenoxy) is 6. The Kier molecular flexibility index (Phi) is 6.50. The molecule has 0 aromatic heterocycles. The molecule has 2 aliphatic heterocycles. The van der Waals surface area contributed by atoms with Crippen molar-refractivity contribution in [1.29, 1.82) is 0 Å². The van der Waals surface area contributed by atoms with Crippen molar-refractivity contribution < 1.29 is 28.4 Å². The van der Waals surface area contributed by atoms with E-state index in [2.05, 4.69) is 11.0 Å². The first-order valence-electron chi connectivity index (χ1n) is 10.2. The molecule has 2 aromatic carbocycles. The Hall–Kier alpha value is -2.64. The Morgan fingerprint density at radius 1 is 0.900 bits per heavy atom. The molecule has 0 bridgehead atoms. The third-order valence-corrected chi connectivity index (χ3v) is 5.51. The van der Waals surface area contributed by atoms with E-state index in [4.69, 9.17) is 28.4 Å². The van der Waals surface area contributed by atoms with Crippen LogP contribution in [0.15, 0.2) is 30.3 Å².